The number of likely N-dealkylation sites (N-methyl/N-ethyl adjacent to an activating group) is 1. The van der Waals surface area contributed by atoms with Crippen LogP contribution in [-0.4, -0.2) is 92.4 Å². The molecule has 0 radical (unpaired) electrons. The van der Waals surface area contributed by atoms with Crippen LogP contribution in [0.15, 0.2) is 24.4 Å². The predicted octanol–water partition coefficient (Wildman–Crippen LogP) is 6.26. The summed E-state index contributed by atoms with van der Waals surface area (Å²) in [7, 11) is 0.350. The number of amides is 2. The number of nitrogens with zero attached hydrogens (tertiary/aromatic N) is 4. The minimum Gasteiger partial charge on any atom is -0.478 e. The fourth-order valence-electron chi connectivity index (χ4n) is 5.20. The molecule has 0 spiro atoms. The van der Waals surface area contributed by atoms with Crippen molar-refractivity contribution in [2.75, 3.05) is 56.6 Å². The Hall–Kier alpha value is -3.72. The average molecular weight is 656 g/mol. The fourth-order valence-corrected chi connectivity index (χ4v) is 5.91. The highest BCUT2D eigenvalue weighted by molar-refractivity contribution is 6.76. The molecule has 45 heavy (non-hydrogen) atoms. The van der Waals surface area contributed by atoms with Gasteiger partial charge in [-0.1, -0.05) is 25.7 Å². The Bertz CT molecular complexity index is 1480. The molecular formula is C30H38F5N5O4Si. The number of benzene rings is 1. The van der Waals surface area contributed by atoms with Gasteiger partial charge in [-0.2, -0.15) is 13.2 Å². The van der Waals surface area contributed by atoms with Gasteiger partial charge in [0.2, 0.25) is 5.88 Å². The molecule has 3 heterocycles. The fraction of sp³-hybridized carbons (Fsp3) is 0.500. The van der Waals surface area contributed by atoms with Crippen molar-refractivity contribution in [1.82, 2.24) is 14.8 Å². The van der Waals surface area contributed by atoms with Crippen LogP contribution in [-0.2, 0) is 6.18 Å². The summed E-state index contributed by atoms with van der Waals surface area (Å²) in [5, 5.41) is 11.7. The van der Waals surface area contributed by atoms with Crippen molar-refractivity contribution in [2.24, 2.45) is 0 Å². The van der Waals surface area contributed by atoms with Gasteiger partial charge in [0.25, 0.3) is 5.91 Å². The first-order valence-electron chi connectivity index (χ1n) is 14.6. The number of carbonyl (C=O) groups excluding carboxylic acids is 1. The molecule has 0 aliphatic carbocycles. The van der Waals surface area contributed by atoms with Crippen LogP contribution in [0.5, 0.6) is 5.88 Å². The number of nitrogens with one attached hydrogen (secondary N) is 1. The Kier molecular flexibility index (Phi) is 10.1. The van der Waals surface area contributed by atoms with Crippen molar-refractivity contribution in [3.05, 3.63) is 52.7 Å². The number of alkyl halides is 3. The van der Waals surface area contributed by atoms with E-state index < -0.39 is 60.3 Å². The smallest absolute Gasteiger partial charge is 0.417 e. The maximum atomic E-state index is 16.4. The number of halogens is 5. The van der Waals surface area contributed by atoms with E-state index in [2.05, 4.69) is 29.9 Å². The summed E-state index contributed by atoms with van der Waals surface area (Å²) in [4.78, 5) is 33.7. The lowest BCUT2D eigenvalue weighted by Crippen LogP contribution is -2.50. The van der Waals surface area contributed by atoms with Crippen molar-refractivity contribution < 1.29 is 41.4 Å². The van der Waals surface area contributed by atoms with Crippen LogP contribution >= 0.6 is 0 Å². The first kappa shape index (κ1) is 34.2. The van der Waals surface area contributed by atoms with Gasteiger partial charge in [-0.05, 0) is 32.0 Å². The number of rotatable bonds is 8. The van der Waals surface area contributed by atoms with Crippen LogP contribution in [0.1, 0.15) is 34.8 Å². The SMILES string of the molecule is C[C@H]1CN(c2cc(F)c(C3=CCCN(C(=O)O)C3)c(F)c2NC(=O)c2cnc(OCC[Si](C)(C)C)cc2C(F)(F)F)CCN1C. The zero-order chi connectivity index (χ0) is 33.3. The third-order valence-corrected chi connectivity index (χ3v) is 9.71. The van der Waals surface area contributed by atoms with Gasteiger partial charge in [0.15, 0.2) is 5.82 Å². The zero-order valence-corrected chi connectivity index (χ0v) is 26.9. The highest BCUT2D eigenvalue weighted by atomic mass is 28.3. The number of aromatic nitrogens is 1. The number of pyridine rings is 1. The summed E-state index contributed by atoms with van der Waals surface area (Å²) in [6.45, 7) is 9.34. The van der Waals surface area contributed by atoms with E-state index in [4.69, 9.17) is 4.74 Å². The third kappa shape index (κ3) is 8.11. The van der Waals surface area contributed by atoms with Crippen LogP contribution in [0.2, 0.25) is 25.7 Å². The van der Waals surface area contributed by atoms with Crippen molar-refractivity contribution >= 4 is 37.0 Å². The number of carboxylic acid groups (broad SMARTS) is 1. The number of hydrogen-bond acceptors (Lipinski definition) is 6. The molecule has 0 unspecified atom stereocenters. The van der Waals surface area contributed by atoms with Crippen LogP contribution in [0, 0.1) is 11.6 Å². The summed E-state index contributed by atoms with van der Waals surface area (Å²) in [5.41, 5.74) is -3.24. The predicted molar refractivity (Wildman–Crippen MR) is 164 cm³/mol. The summed E-state index contributed by atoms with van der Waals surface area (Å²) in [6, 6.07) is 2.32. The van der Waals surface area contributed by atoms with E-state index in [0.717, 1.165) is 17.2 Å². The van der Waals surface area contributed by atoms with Gasteiger partial charge < -0.3 is 29.9 Å². The van der Waals surface area contributed by atoms with E-state index in [1.54, 1.807) is 4.90 Å². The maximum Gasteiger partial charge on any atom is 0.417 e. The molecule has 1 aromatic carbocycles. The topological polar surface area (TPSA) is 98.2 Å². The van der Waals surface area contributed by atoms with Crippen LogP contribution in [0.25, 0.3) is 5.57 Å². The highest BCUT2D eigenvalue weighted by Gasteiger charge is 2.37. The molecule has 0 bridgehead atoms. The van der Waals surface area contributed by atoms with E-state index in [0.29, 0.717) is 31.7 Å². The molecule has 1 fully saturated rings. The second-order valence-corrected chi connectivity index (χ2v) is 18.2. The van der Waals surface area contributed by atoms with E-state index in [9.17, 15) is 27.9 Å². The normalized spacial score (nSPS) is 18.1. The Morgan fingerprint density at radius 2 is 1.87 bits per heavy atom. The molecule has 15 heteroatoms. The summed E-state index contributed by atoms with van der Waals surface area (Å²) >= 11 is 0. The number of hydrogen-bond donors (Lipinski definition) is 2. The number of piperazine rings is 1. The molecular weight excluding hydrogens is 617 g/mol. The highest BCUT2D eigenvalue weighted by Crippen LogP contribution is 2.39. The van der Waals surface area contributed by atoms with Gasteiger partial charge in [-0.25, -0.2) is 18.6 Å². The van der Waals surface area contributed by atoms with Crippen LogP contribution in [0.4, 0.5) is 38.1 Å². The lowest BCUT2D eigenvalue weighted by molar-refractivity contribution is -0.138. The van der Waals surface area contributed by atoms with Crippen LogP contribution in [0.3, 0.4) is 0 Å². The van der Waals surface area contributed by atoms with E-state index >= 15 is 8.78 Å². The molecule has 2 amide bonds. The van der Waals surface area contributed by atoms with E-state index in [1.807, 2.05) is 18.9 Å². The van der Waals surface area contributed by atoms with Crippen LogP contribution < -0.4 is 15.0 Å². The maximum absolute atomic E-state index is 16.4. The van der Waals surface area contributed by atoms with Gasteiger partial charge in [0.1, 0.15) is 11.5 Å². The quantitative estimate of drug-likeness (QED) is 0.256. The van der Waals surface area contributed by atoms with Crippen molar-refractivity contribution in [2.45, 2.75) is 51.2 Å². The van der Waals surface area contributed by atoms with E-state index in [-0.39, 0.29) is 49.3 Å². The Labute approximate surface area is 259 Å². The number of ether oxygens (including phenoxy) is 1. The summed E-state index contributed by atoms with van der Waals surface area (Å²) in [6.07, 6.45) is -3.79. The average Bonchev–Trinajstić information content (AvgIpc) is 2.95. The van der Waals surface area contributed by atoms with Gasteiger partial charge in [-0.15, -0.1) is 0 Å². The van der Waals surface area contributed by atoms with Gasteiger partial charge in [0, 0.05) is 65.2 Å². The summed E-state index contributed by atoms with van der Waals surface area (Å²) < 4.78 is 80.0. The molecule has 2 aliphatic heterocycles. The number of carbonyl (C=O) groups is 2. The second kappa shape index (κ2) is 13.3. The van der Waals surface area contributed by atoms with Gasteiger partial charge in [-0.3, -0.25) is 4.79 Å². The molecule has 4 rings (SSSR count). The monoisotopic (exact) mass is 655 g/mol. The molecule has 2 aromatic rings. The summed E-state index contributed by atoms with van der Waals surface area (Å²) in [5.74, 6) is -3.79. The molecule has 1 saturated heterocycles. The van der Waals surface area contributed by atoms with Crippen molar-refractivity contribution in [3.8, 4) is 5.88 Å². The first-order valence-corrected chi connectivity index (χ1v) is 18.3. The molecule has 1 atom stereocenters. The standard InChI is InChI=1S/C30H38F5N5O4Si/c1-18-16-39(10-9-38(18)2)23-14-22(31)25(19-7-6-8-40(17-19)29(42)43)26(32)27(23)37-28(41)20-15-36-24(13-21(20)30(33,34)35)44-11-12-45(3,4)5/h7,13-15,18H,6,8-12,16-17H2,1-5H3,(H,37,41)(H,42,43)/t18-/m0/s1. The second-order valence-electron chi connectivity index (χ2n) is 12.6. The molecule has 9 nitrogen and oxygen atoms in total. The molecule has 2 N–H and O–H groups in total. The third-order valence-electron chi connectivity index (χ3n) is 8.01. The minimum absolute atomic E-state index is 0.0344. The van der Waals surface area contributed by atoms with E-state index in [1.165, 1.54) is 6.08 Å². The molecule has 246 valence electrons. The van der Waals surface area contributed by atoms with Gasteiger partial charge >= 0.3 is 12.3 Å². The molecule has 1 aromatic heterocycles. The Morgan fingerprint density at radius 3 is 2.49 bits per heavy atom. The first-order chi connectivity index (χ1) is 21.0. The lowest BCUT2D eigenvalue weighted by atomic mass is 9.97. The van der Waals surface area contributed by atoms with Crippen molar-refractivity contribution in [1.29, 1.82) is 0 Å². The molecule has 2 aliphatic rings. The number of anilines is 2. The minimum atomic E-state index is -4.97. The molecule has 0 saturated carbocycles. The van der Waals surface area contributed by atoms with Gasteiger partial charge in [0.05, 0.1) is 29.0 Å². The van der Waals surface area contributed by atoms with Crippen molar-refractivity contribution in [3.63, 3.8) is 0 Å². The Morgan fingerprint density at radius 1 is 1.16 bits per heavy atom. The Balaban J connectivity index is 1.76. The zero-order valence-electron chi connectivity index (χ0n) is 25.9. The largest absolute Gasteiger partial charge is 0.478 e. The lowest BCUT2D eigenvalue weighted by Gasteiger charge is -2.40.